The number of sulfonamides is 1. The number of hydrogen-bond acceptors (Lipinski definition) is 5. The van der Waals surface area contributed by atoms with E-state index < -0.39 is 15.8 Å². The summed E-state index contributed by atoms with van der Waals surface area (Å²) < 4.78 is 44.5. The maximum Gasteiger partial charge on any atom is 0.242 e. The van der Waals surface area contributed by atoms with Crippen molar-refractivity contribution >= 4 is 10.0 Å². The summed E-state index contributed by atoms with van der Waals surface area (Å²) in [5, 5.41) is 3.83. The Balaban J connectivity index is 1.71. The zero-order valence-corrected chi connectivity index (χ0v) is 13.5. The van der Waals surface area contributed by atoms with E-state index in [9.17, 15) is 12.8 Å². The number of nitrogens with zero attached hydrogens (tertiary/aromatic N) is 2. The number of rotatable bonds is 5. The molecule has 0 aliphatic carbocycles. The summed E-state index contributed by atoms with van der Waals surface area (Å²) in [4.78, 5) is 4.12. The van der Waals surface area contributed by atoms with Crippen LogP contribution in [0.15, 0.2) is 57.9 Å². The van der Waals surface area contributed by atoms with Crippen molar-refractivity contribution in [2.75, 3.05) is 0 Å². The van der Waals surface area contributed by atoms with Gasteiger partial charge in [0.1, 0.15) is 5.82 Å². The fraction of sp³-hybridized carbons (Fsp3) is 0.125. The average molecular weight is 347 g/mol. The second-order valence-electron chi connectivity index (χ2n) is 5.16. The van der Waals surface area contributed by atoms with Crippen molar-refractivity contribution in [2.24, 2.45) is 0 Å². The Morgan fingerprint density at radius 1 is 1.08 bits per heavy atom. The van der Waals surface area contributed by atoms with Crippen LogP contribution in [0.2, 0.25) is 0 Å². The number of benzene rings is 2. The Morgan fingerprint density at radius 2 is 1.75 bits per heavy atom. The topological polar surface area (TPSA) is 85.1 Å². The molecule has 0 unspecified atom stereocenters. The fourth-order valence-electron chi connectivity index (χ4n) is 2.00. The quantitative estimate of drug-likeness (QED) is 0.767. The lowest BCUT2D eigenvalue weighted by Crippen LogP contribution is -2.23. The summed E-state index contributed by atoms with van der Waals surface area (Å²) in [5.41, 5.74) is 1.88. The van der Waals surface area contributed by atoms with E-state index in [0.717, 1.165) is 23.3 Å². The summed E-state index contributed by atoms with van der Waals surface area (Å²) in [6.07, 6.45) is 0. The molecule has 124 valence electrons. The smallest absolute Gasteiger partial charge is 0.242 e. The van der Waals surface area contributed by atoms with Crippen LogP contribution in [0, 0.1) is 12.7 Å². The molecule has 0 aliphatic heterocycles. The van der Waals surface area contributed by atoms with Gasteiger partial charge in [0.15, 0.2) is 0 Å². The van der Waals surface area contributed by atoms with Gasteiger partial charge in [-0.1, -0.05) is 35.0 Å². The van der Waals surface area contributed by atoms with Gasteiger partial charge in [-0.3, -0.25) is 0 Å². The lowest BCUT2D eigenvalue weighted by Gasteiger charge is -2.04. The summed E-state index contributed by atoms with van der Waals surface area (Å²) in [6, 6.07) is 12.1. The molecule has 6 nitrogen and oxygen atoms in total. The molecule has 0 radical (unpaired) electrons. The van der Waals surface area contributed by atoms with Gasteiger partial charge in [-0.2, -0.15) is 4.98 Å². The van der Waals surface area contributed by atoms with E-state index in [1.54, 1.807) is 0 Å². The van der Waals surface area contributed by atoms with Gasteiger partial charge >= 0.3 is 0 Å². The second kappa shape index (κ2) is 6.50. The van der Waals surface area contributed by atoms with Gasteiger partial charge in [0.2, 0.25) is 21.7 Å². The zero-order chi connectivity index (χ0) is 17.2. The van der Waals surface area contributed by atoms with Crippen molar-refractivity contribution in [2.45, 2.75) is 18.4 Å². The number of hydrogen-bond donors (Lipinski definition) is 1. The third-order valence-corrected chi connectivity index (χ3v) is 4.73. The summed E-state index contributed by atoms with van der Waals surface area (Å²) in [7, 11) is -3.78. The molecule has 0 saturated heterocycles. The number of nitrogens with one attached hydrogen (secondary N) is 1. The van der Waals surface area contributed by atoms with Crippen LogP contribution in [0.1, 0.15) is 11.5 Å². The molecule has 0 amide bonds. The minimum atomic E-state index is -3.78. The van der Waals surface area contributed by atoms with Crippen molar-refractivity contribution in [1.82, 2.24) is 14.9 Å². The highest BCUT2D eigenvalue weighted by atomic mass is 32.2. The van der Waals surface area contributed by atoms with Crippen molar-refractivity contribution in [3.8, 4) is 11.4 Å². The van der Waals surface area contributed by atoms with Crippen LogP contribution in [-0.4, -0.2) is 18.6 Å². The highest BCUT2D eigenvalue weighted by molar-refractivity contribution is 7.89. The van der Waals surface area contributed by atoms with E-state index >= 15 is 0 Å². The minimum Gasteiger partial charge on any atom is -0.338 e. The van der Waals surface area contributed by atoms with E-state index in [2.05, 4.69) is 14.9 Å². The van der Waals surface area contributed by atoms with Gasteiger partial charge in [-0.15, -0.1) is 0 Å². The van der Waals surface area contributed by atoms with E-state index in [1.165, 1.54) is 12.1 Å². The zero-order valence-electron chi connectivity index (χ0n) is 12.7. The predicted molar refractivity (Wildman–Crippen MR) is 84.9 cm³/mol. The average Bonchev–Trinajstić information content (AvgIpc) is 3.03. The summed E-state index contributed by atoms with van der Waals surface area (Å²) in [5.74, 6) is 0.0100. The maximum atomic E-state index is 12.9. The molecule has 1 N–H and O–H groups in total. The highest BCUT2D eigenvalue weighted by Gasteiger charge is 2.16. The Labute approximate surface area is 138 Å². The van der Waals surface area contributed by atoms with E-state index in [4.69, 9.17) is 4.52 Å². The van der Waals surface area contributed by atoms with Gasteiger partial charge in [0.25, 0.3) is 0 Å². The Morgan fingerprint density at radius 3 is 2.42 bits per heavy atom. The van der Waals surface area contributed by atoms with E-state index in [-0.39, 0.29) is 17.3 Å². The SMILES string of the molecule is Cc1ccc(-c2noc(CNS(=O)(=O)c3ccc(F)cc3)n2)cc1. The molecular formula is C16H14FN3O3S. The van der Waals surface area contributed by atoms with Crippen molar-refractivity contribution in [1.29, 1.82) is 0 Å². The molecule has 0 fully saturated rings. The van der Waals surface area contributed by atoms with Crippen molar-refractivity contribution < 1.29 is 17.3 Å². The maximum absolute atomic E-state index is 12.9. The Bertz CT molecular complexity index is 935. The van der Waals surface area contributed by atoms with Gasteiger partial charge in [0.05, 0.1) is 11.4 Å². The lowest BCUT2D eigenvalue weighted by atomic mass is 10.1. The van der Waals surface area contributed by atoms with Gasteiger partial charge < -0.3 is 4.52 Å². The molecule has 1 heterocycles. The summed E-state index contributed by atoms with van der Waals surface area (Å²) >= 11 is 0. The van der Waals surface area contributed by atoms with Crippen LogP contribution in [0.25, 0.3) is 11.4 Å². The molecule has 8 heteroatoms. The Kier molecular flexibility index (Phi) is 4.41. The molecule has 0 spiro atoms. The second-order valence-corrected chi connectivity index (χ2v) is 6.92. The van der Waals surface area contributed by atoms with Crippen LogP contribution < -0.4 is 4.72 Å². The van der Waals surface area contributed by atoms with Crippen LogP contribution >= 0.6 is 0 Å². The van der Waals surface area contributed by atoms with Crippen LogP contribution in [0.4, 0.5) is 4.39 Å². The standard InChI is InChI=1S/C16H14FN3O3S/c1-11-2-4-12(5-3-11)16-19-15(23-20-16)10-18-24(21,22)14-8-6-13(17)7-9-14/h2-9,18H,10H2,1H3. The van der Waals surface area contributed by atoms with E-state index in [1.807, 2.05) is 31.2 Å². The molecule has 3 aromatic rings. The molecular weight excluding hydrogens is 333 g/mol. The van der Waals surface area contributed by atoms with Gasteiger partial charge in [-0.25, -0.2) is 17.5 Å². The molecule has 0 aliphatic rings. The molecule has 2 aromatic carbocycles. The third-order valence-electron chi connectivity index (χ3n) is 3.32. The fourth-order valence-corrected chi connectivity index (χ4v) is 2.97. The first-order chi connectivity index (χ1) is 11.4. The first-order valence-corrected chi connectivity index (χ1v) is 8.57. The highest BCUT2D eigenvalue weighted by Crippen LogP contribution is 2.16. The number of halogens is 1. The van der Waals surface area contributed by atoms with Crippen LogP contribution in [0.3, 0.4) is 0 Å². The molecule has 24 heavy (non-hydrogen) atoms. The molecule has 1 aromatic heterocycles. The largest absolute Gasteiger partial charge is 0.338 e. The lowest BCUT2D eigenvalue weighted by molar-refractivity contribution is 0.376. The van der Waals surface area contributed by atoms with Crippen molar-refractivity contribution in [3.05, 3.63) is 65.8 Å². The molecule has 3 rings (SSSR count). The molecule has 0 saturated carbocycles. The van der Waals surface area contributed by atoms with E-state index in [0.29, 0.717) is 5.82 Å². The monoisotopic (exact) mass is 347 g/mol. The number of aryl methyl sites for hydroxylation is 1. The number of aromatic nitrogens is 2. The first kappa shape index (κ1) is 16.3. The molecule has 0 bridgehead atoms. The van der Waals surface area contributed by atoms with Gasteiger partial charge in [0, 0.05) is 5.56 Å². The molecule has 0 atom stereocenters. The van der Waals surface area contributed by atoms with Crippen LogP contribution in [0.5, 0.6) is 0 Å². The normalized spacial score (nSPS) is 11.6. The van der Waals surface area contributed by atoms with Crippen LogP contribution in [-0.2, 0) is 16.6 Å². The van der Waals surface area contributed by atoms with Crippen molar-refractivity contribution in [3.63, 3.8) is 0 Å². The summed E-state index contributed by atoms with van der Waals surface area (Å²) in [6.45, 7) is 1.81. The minimum absolute atomic E-state index is 0.0397. The first-order valence-electron chi connectivity index (χ1n) is 7.09. The Hall–Kier alpha value is -2.58. The third kappa shape index (κ3) is 3.66. The predicted octanol–water partition coefficient (Wildman–Crippen LogP) is 2.66. The van der Waals surface area contributed by atoms with Gasteiger partial charge in [-0.05, 0) is 31.2 Å².